The quantitative estimate of drug-likeness (QED) is 0.850. The predicted molar refractivity (Wildman–Crippen MR) is 81.5 cm³/mol. The number of carbonyl (C=O) groups is 1. The molecule has 1 N–H and O–H groups in total. The second-order valence-electron chi connectivity index (χ2n) is 4.84. The lowest BCUT2D eigenvalue weighted by atomic mass is 10.2. The van der Waals surface area contributed by atoms with Gasteiger partial charge in [-0.1, -0.05) is 0 Å². The van der Waals surface area contributed by atoms with E-state index < -0.39 is 10.0 Å². The van der Waals surface area contributed by atoms with E-state index in [1.165, 1.54) is 14.1 Å². The lowest BCUT2D eigenvalue weighted by Crippen LogP contribution is -2.27. The summed E-state index contributed by atoms with van der Waals surface area (Å²) in [6, 6.07) is 7.33. The molecule has 0 fully saturated rings. The van der Waals surface area contributed by atoms with Gasteiger partial charge in [0.2, 0.25) is 15.9 Å². The molecular formula is C13H21N3O3S. The fraction of sp³-hybridized carbons (Fsp3) is 0.462. The van der Waals surface area contributed by atoms with Crippen molar-refractivity contribution < 1.29 is 13.2 Å². The minimum Gasteiger partial charge on any atom is -0.378 e. The lowest BCUT2D eigenvalue weighted by molar-refractivity contribution is -0.115. The molecule has 0 aromatic heterocycles. The Balaban J connectivity index is 2.55. The number of nitrogens with one attached hydrogen (secondary N) is 1. The van der Waals surface area contributed by atoms with Gasteiger partial charge in [0.1, 0.15) is 0 Å². The summed E-state index contributed by atoms with van der Waals surface area (Å²) in [4.78, 5) is 13.6. The molecule has 20 heavy (non-hydrogen) atoms. The van der Waals surface area contributed by atoms with E-state index >= 15 is 0 Å². The monoisotopic (exact) mass is 299 g/mol. The Bertz CT molecular complexity index is 551. The molecule has 1 amide bonds. The minimum absolute atomic E-state index is 0.0596. The van der Waals surface area contributed by atoms with E-state index in [1.54, 1.807) is 12.1 Å². The highest BCUT2D eigenvalue weighted by atomic mass is 32.2. The van der Waals surface area contributed by atoms with Crippen molar-refractivity contribution >= 4 is 27.3 Å². The number of carbonyl (C=O) groups excluding carboxylic acids is 1. The maximum absolute atomic E-state index is 11.7. The molecule has 0 aliphatic heterocycles. The maximum atomic E-state index is 11.7. The molecule has 0 aliphatic carbocycles. The van der Waals surface area contributed by atoms with Gasteiger partial charge in [-0.3, -0.25) is 4.79 Å². The Morgan fingerprint density at radius 2 is 1.65 bits per heavy atom. The average Bonchev–Trinajstić information content (AvgIpc) is 2.37. The maximum Gasteiger partial charge on any atom is 0.225 e. The first-order valence-corrected chi connectivity index (χ1v) is 7.81. The van der Waals surface area contributed by atoms with Crippen LogP contribution in [0, 0.1) is 0 Å². The Morgan fingerprint density at radius 3 is 2.10 bits per heavy atom. The van der Waals surface area contributed by atoms with Crippen LogP contribution in [0.1, 0.15) is 6.42 Å². The number of amides is 1. The molecule has 0 radical (unpaired) electrons. The van der Waals surface area contributed by atoms with Gasteiger partial charge in [-0.25, -0.2) is 12.7 Å². The van der Waals surface area contributed by atoms with Gasteiger partial charge in [0.05, 0.1) is 5.75 Å². The molecule has 1 aromatic rings. The highest BCUT2D eigenvalue weighted by molar-refractivity contribution is 7.89. The fourth-order valence-electron chi connectivity index (χ4n) is 1.47. The molecular weight excluding hydrogens is 278 g/mol. The molecule has 1 rings (SSSR count). The molecule has 0 heterocycles. The molecule has 0 spiro atoms. The highest BCUT2D eigenvalue weighted by Gasteiger charge is 2.15. The summed E-state index contributed by atoms with van der Waals surface area (Å²) >= 11 is 0. The Morgan fingerprint density at radius 1 is 1.10 bits per heavy atom. The number of anilines is 2. The zero-order chi connectivity index (χ0) is 15.3. The topological polar surface area (TPSA) is 69.7 Å². The normalized spacial score (nSPS) is 11.4. The van der Waals surface area contributed by atoms with Crippen LogP contribution in [0.15, 0.2) is 24.3 Å². The van der Waals surface area contributed by atoms with Crippen molar-refractivity contribution in [3.8, 4) is 0 Å². The van der Waals surface area contributed by atoms with Crippen LogP contribution in [-0.2, 0) is 14.8 Å². The Labute approximate surface area is 120 Å². The summed E-state index contributed by atoms with van der Waals surface area (Å²) < 4.78 is 24.2. The van der Waals surface area contributed by atoms with E-state index in [0.717, 1.165) is 9.99 Å². The summed E-state index contributed by atoms with van der Waals surface area (Å²) in [7, 11) is 3.43. The van der Waals surface area contributed by atoms with Crippen molar-refractivity contribution in [1.29, 1.82) is 0 Å². The fourth-order valence-corrected chi connectivity index (χ4v) is 2.28. The average molecular weight is 299 g/mol. The van der Waals surface area contributed by atoms with Crippen LogP contribution in [0.2, 0.25) is 0 Å². The zero-order valence-corrected chi connectivity index (χ0v) is 13.1. The zero-order valence-electron chi connectivity index (χ0n) is 12.3. The Kier molecular flexibility index (Phi) is 5.52. The standard InChI is InChI=1S/C13H21N3O3S/c1-15(2)12-7-5-11(6-8-12)14-13(17)9-10-20(18,19)16(3)4/h5-8H,9-10H2,1-4H3,(H,14,17). The van der Waals surface area contributed by atoms with E-state index in [2.05, 4.69) is 5.32 Å². The van der Waals surface area contributed by atoms with E-state index in [1.807, 2.05) is 31.1 Å². The van der Waals surface area contributed by atoms with Crippen molar-refractivity contribution in [1.82, 2.24) is 4.31 Å². The molecule has 1 aromatic carbocycles. The van der Waals surface area contributed by atoms with E-state index in [-0.39, 0.29) is 18.1 Å². The van der Waals surface area contributed by atoms with Crippen LogP contribution in [0.5, 0.6) is 0 Å². The highest BCUT2D eigenvalue weighted by Crippen LogP contribution is 2.15. The lowest BCUT2D eigenvalue weighted by Gasteiger charge is -2.13. The summed E-state index contributed by atoms with van der Waals surface area (Å²) in [5.41, 5.74) is 1.68. The molecule has 0 aliphatic rings. The van der Waals surface area contributed by atoms with Crippen LogP contribution in [0.25, 0.3) is 0 Å². The number of rotatable bonds is 6. The molecule has 7 heteroatoms. The first-order chi connectivity index (χ1) is 9.22. The predicted octanol–water partition coefficient (Wildman–Crippen LogP) is 0.973. The van der Waals surface area contributed by atoms with E-state index in [0.29, 0.717) is 5.69 Å². The van der Waals surface area contributed by atoms with Crippen LogP contribution >= 0.6 is 0 Å². The van der Waals surface area contributed by atoms with Gasteiger partial charge >= 0.3 is 0 Å². The molecule has 0 saturated heterocycles. The molecule has 0 bridgehead atoms. The first-order valence-electron chi connectivity index (χ1n) is 6.20. The third-order valence-corrected chi connectivity index (χ3v) is 4.64. The van der Waals surface area contributed by atoms with Crippen molar-refractivity contribution in [3.05, 3.63) is 24.3 Å². The van der Waals surface area contributed by atoms with Crippen molar-refractivity contribution in [3.63, 3.8) is 0 Å². The SMILES string of the molecule is CN(C)c1ccc(NC(=O)CCS(=O)(=O)N(C)C)cc1. The molecule has 0 saturated carbocycles. The van der Waals surface area contributed by atoms with Crippen LogP contribution in [-0.4, -0.2) is 52.6 Å². The molecule has 0 unspecified atom stereocenters. The van der Waals surface area contributed by atoms with Gasteiger partial charge in [0, 0.05) is 46.0 Å². The van der Waals surface area contributed by atoms with Crippen molar-refractivity contribution in [2.24, 2.45) is 0 Å². The second kappa shape index (κ2) is 6.71. The van der Waals surface area contributed by atoms with Gasteiger partial charge in [-0.05, 0) is 24.3 Å². The summed E-state index contributed by atoms with van der Waals surface area (Å²) in [6.45, 7) is 0. The Hall–Kier alpha value is -1.60. The number of hydrogen-bond donors (Lipinski definition) is 1. The number of nitrogens with zero attached hydrogens (tertiary/aromatic N) is 2. The van der Waals surface area contributed by atoms with E-state index in [9.17, 15) is 13.2 Å². The van der Waals surface area contributed by atoms with Crippen LogP contribution in [0.4, 0.5) is 11.4 Å². The number of hydrogen-bond acceptors (Lipinski definition) is 4. The minimum atomic E-state index is -3.34. The third-order valence-electron chi connectivity index (χ3n) is 2.81. The number of sulfonamides is 1. The van der Waals surface area contributed by atoms with Crippen molar-refractivity contribution in [2.45, 2.75) is 6.42 Å². The van der Waals surface area contributed by atoms with Crippen LogP contribution in [0.3, 0.4) is 0 Å². The third kappa shape index (κ3) is 4.82. The molecule has 0 atom stereocenters. The molecule has 112 valence electrons. The number of benzene rings is 1. The summed E-state index contributed by atoms with van der Waals surface area (Å²) in [5.74, 6) is -0.505. The van der Waals surface area contributed by atoms with E-state index in [4.69, 9.17) is 0 Å². The van der Waals surface area contributed by atoms with Gasteiger partial charge < -0.3 is 10.2 Å². The summed E-state index contributed by atoms with van der Waals surface area (Å²) in [6.07, 6.45) is -0.0596. The van der Waals surface area contributed by atoms with Gasteiger partial charge in [-0.2, -0.15) is 0 Å². The van der Waals surface area contributed by atoms with Gasteiger partial charge in [-0.15, -0.1) is 0 Å². The largest absolute Gasteiger partial charge is 0.378 e. The van der Waals surface area contributed by atoms with Gasteiger partial charge in [0.15, 0.2) is 0 Å². The van der Waals surface area contributed by atoms with Crippen LogP contribution < -0.4 is 10.2 Å². The first kappa shape index (κ1) is 16.5. The summed E-state index contributed by atoms with van der Waals surface area (Å²) in [5, 5.41) is 2.68. The van der Waals surface area contributed by atoms with Crippen molar-refractivity contribution in [2.75, 3.05) is 44.2 Å². The molecule has 6 nitrogen and oxygen atoms in total. The smallest absolute Gasteiger partial charge is 0.225 e. The second-order valence-corrected chi connectivity index (χ2v) is 7.14. The van der Waals surface area contributed by atoms with Gasteiger partial charge in [0.25, 0.3) is 0 Å².